The lowest BCUT2D eigenvalue weighted by molar-refractivity contribution is 0.354. The third-order valence-corrected chi connectivity index (χ3v) is 4.60. The monoisotopic (exact) mass is 331 g/mol. The summed E-state index contributed by atoms with van der Waals surface area (Å²) in [5.41, 5.74) is 5.44. The van der Waals surface area contributed by atoms with Crippen LogP contribution in [0.5, 0.6) is 11.5 Å². The van der Waals surface area contributed by atoms with Crippen LogP contribution in [0.4, 0.5) is 0 Å². The number of hydrogen-bond acceptors (Lipinski definition) is 3. The van der Waals surface area contributed by atoms with Crippen molar-refractivity contribution in [1.29, 1.82) is 0 Å². The van der Waals surface area contributed by atoms with E-state index in [-0.39, 0.29) is 0 Å². The van der Waals surface area contributed by atoms with Crippen LogP contribution in [0.1, 0.15) is 28.7 Å². The van der Waals surface area contributed by atoms with Crippen molar-refractivity contribution >= 4 is 11.6 Å². The maximum Gasteiger partial charge on any atom is 0.179 e. The van der Waals surface area contributed by atoms with Crippen LogP contribution in [-0.4, -0.2) is 14.2 Å². The van der Waals surface area contributed by atoms with Crippen LogP contribution < -0.4 is 14.8 Å². The fourth-order valence-electron chi connectivity index (χ4n) is 3.16. The number of fused-ring (bicyclic) bond motifs is 1. The Balaban J connectivity index is 1.63. The maximum atomic E-state index is 6.24. The van der Waals surface area contributed by atoms with Gasteiger partial charge in [-0.25, -0.2) is 0 Å². The predicted octanol–water partition coefficient (Wildman–Crippen LogP) is 4.14. The first-order chi connectivity index (χ1) is 11.2. The topological polar surface area (TPSA) is 30.5 Å². The Bertz CT molecular complexity index is 700. The summed E-state index contributed by atoms with van der Waals surface area (Å²) in [5.74, 6) is 1.24. The molecule has 0 saturated carbocycles. The molecule has 0 bridgehead atoms. The van der Waals surface area contributed by atoms with Gasteiger partial charge in [-0.1, -0.05) is 29.8 Å². The fourth-order valence-corrected chi connectivity index (χ4v) is 3.47. The Morgan fingerprint density at radius 2 is 1.74 bits per heavy atom. The summed E-state index contributed by atoms with van der Waals surface area (Å²) in [4.78, 5) is 0. The smallest absolute Gasteiger partial charge is 0.179 e. The Kier molecular flexibility index (Phi) is 5.09. The predicted molar refractivity (Wildman–Crippen MR) is 93.6 cm³/mol. The molecule has 0 heterocycles. The molecule has 1 aliphatic rings. The average Bonchev–Trinajstić information content (AvgIpc) is 3.02. The van der Waals surface area contributed by atoms with Crippen molar-refractivity contribution in [1.82, 2.24) is 5.32 Å². The largest absolute Gasteiger partial charge is 0.493 e. The van der Waals surface area contributed by atoms with Gasteiger partial charge < -0.3 is 14.8 Å². The summed E-state index contributed by atoms with van der Waals surface area (Å²) < 4.78 is 10.6. The molecule has 23 heavy (non-hydrogen) atoms. The highest BCUT2D eigenvalue weighted by Crippen LogP contribution is 2.36. The number of methoxy groups -OCH3 is 2. The Morgan fingerprint density at radius 3 is 2.52 bits per heavy atom. The van der Waals surface area contributed by atoms with Crippen LogP contribution in [0.3, 0.4) is 0 Å². The molecule has 0 unspecified atom stereocenters. The normalized spacial score (nSPS) is 13.0. The summed E-state index contributed by atoms with van der Waals surface area (Å²) in [7, 11) is 3.21. The minimum atomic E-state index is 0.571. The number of ether oxygens (including phenoxy) is 2. The summed E-state index contributed by atoms with van der Waals surface area (Å²) in [5, 5.41) is 4.04. The number of nitrogens with one attached hydrogen (secondary N) is 1. The summed E-state index contributed by atoms with van der Waals surface area (Å²) in [6, 6.07) is 10.7. The number of rotatable bonds is 6. The molecular formula is C19H22ClNO2. The quantitative estimate of drug-likeness (QED) is 0.863. The van der Waals surface area contributed by atoms with Gasteiger partial charge in [-0.05, 0) is 53.6 Å². The van der Waals surface area contributed by atoms with Gasteiger partial charge in [0.25, 0.3) is 0 Å². The van der Waals surface area contributed by atoms with Crippen LogP contribution in [0, 0.1) is 0 Å². The minimum absolute atomic E-state index is 0.571. The van der Waals surface area contributed by atoms with Crippen molar-refractivity contribution in [2.45, 2.75) is 32.4 Å². The van der Waals surface area contributed by atoms with Crippen molar-refractivity contribution in [2.24, 2.45) is 0 Å². The molecule has 2 aromatic rings. The van der Waals surface area contributed by atoms with Crippen molar-refractivity contribution in [3.8, 4) is 11.5 Å². The van der Waals surface area contributed by atoms with E-state index < -0.39 is 0 Å². The molecule has 0 spiro atoms. The number of hydrogen-bond donors (Lipinski definition) is 1. The summed E-state index contributed by atoms with van der Waals surface area (Å²) >= 11 is 6.24. The molecule has 3 rings (SSSR count). The number of aryl methyl sites for hydroxylation is 2. The lowest BCUT2D eigenvalue weighted by Gasteiger charge is -2.12. The van der Waals surface area contributed by atoms with Gasteiger partial charge in [-0.3, -0.25) is 0 Å². The van der Waals surface area contributed by atoms with Crippen LogP contribution in [0.2, 0.25) is 5.02 Å². The lowest BCUT2D eigenvalue weighted by atomic mass is 10.1. The third-order valence-electron chi connectivity index (χ3n) is 4.31. The van der Waals surface area contributed by atoms with Gasteiger partial charge in [-0.15, -0.1) is 0 Å². The molecular weight excluding hydrogens is 310 g/mol. The molecule has 2 aromatic carbocycles. The average molecular weight is 332 g/mol. The molecule has 1 aliphatic carbocycles. The molecule has 122 valence electrons. The van der Waals surface area contributed by atoms with E-state index in [1.807, 2.05) is 12.1 Å². The van der Waals surface area contributed by atoms with Gasteiger partial charge in [0.15, 0.2) is 11.5 Å². The van der Waals surface area contributed by atoms with E-state index in [1.54, 1.807) is 14.2 Å². The molecule has 0 aliphatic heterocycles. The number of halogens is 1. The summed E-state index contributed by atoms with van der Waals surface area (Å²) in [6.45, 7) is 1.58. The van der Waals surface area contributed by atoms with Gasteiger partial charge in [-0.2, -0.15) is 0 Å². The van der Waals surface area contributed by atoms with Gasteiger partial charge in [0.1, 0.15) is 0 Å². The Morgan fingerprint density at radius 1 is 0.957 bits per heavy atom. The summed E-state index contributed by atoms with van der Waals surface area (Å²) in [6.07, 6.45) is 3.73. The van der Waals surface area contributed by atoms with Crippen LogP contribution in [0.15, 0.2) is 30.3 Å². The second-order valence-corrected chi connectivity index (χ2v) is 6.28. The SMILES string of the molecule is COc1cc(CNCc2ccc3c(c2)CCC3)cc(Cl)c1OC. The van der Waals surface area contributed by atoms with Gasteiger partial charge in [0.05, 0.1) is 19.2 Å². The van der Waals surface area contributed by atoms with Crippen molar-refractivity contribution in [3.63, 3.8) is 0 Å². The van der Waals surface area contributed by atoms with Crippen LogP contribution in [-0.2, 0) is 25.9 Å². The van der Waals surface area contributed by atoms with Gasteiger partial charge >= 0.3 is 0 Å². The molecule has 4 heteroatoms. The zero-order valence-electron chi connectivity index (χ0n) is 13.6. The molecule has 0 aromatic heterocycles. The first-order valence-electron chi connectivity index (χ1n) is 7.93. The van der Waals surface area contributed by atoms with Crippen molar-refractivity contribution < 1.29 is 9.47 Å². The van der Waals surface area contributed by atoms with Gasteiger partial charge in [0, 0.05) is 13.1 Å². The third kappa shape index (κ3) is 3.62. The van der Waals surface area contributed by atoms with E-state index in [2.05, 4.69) is 23.5 Å². The van der Waals surface area contributed by atoms with E-state index in [1.165, 1.54) is 36.0 Å². The van der Waals surface area contributed by atoms with Crippen LogP contribution >= 0.6 is 11.6 Å². The second-order valence-electron chi connectivity index (χ2n) is 5.87. The Hall–Kier alpha value is -1.71. The van der Waals surface area contributed by atoms with E-state index in [9.17, 15) is 0 Å². The minimum Gasteiger partial charge on any atom is -0.493 e. The van der Waals surface area contributed by atoms with E-state index in [4.69, 9.17) is 21.1 Å². The highest BCUT2D eigenvalue weighted by Gasteiger charge is 2.12. The fraction of sp³-hybridized carbons (Fsp3) is 0.368. The number of benzene rings is 2. The molecule has 3 nitrogen and oxygen atoms in total. The molecule has 0 fully saturated rings. The first kappa shape index (κ1) is 16.2. The Labute approximate surface area is 142 Å². The van der Waals surface area contributed by atoms with Gasteiger partial charge in [0.2, 0.25) is 0 Å². The first-order valence-corrected chi connectivity index (χ1v) is 8.31. The van der Waals surface area contributed by atoms with Crippen LogP contribution in [0.25, 0.3) is 0 Å². The highest BCUT2D eigenvalue weighted by molar-refractivity contribution is 6.32. The zero-order chi connectivity index (χ0) is 16.2. The maximum absolute atomic E-state index is 6.24. The zero-order valence-corrected chi connectivity index (χ0v) is 14.4. The highest BCUT2D eigenvalue weighted by atomic mass is 35.5. The second kappa shape index (κ2) is 7.24. The molecule has 0 amide bonds. The van der Waals surface area contributed by atoms with E-state index in [0.717, 1.165) is 18.7 Å². The molecule has 0 radical (unpaired) electrons. The van der Waals surface area contributed by atoms with E-state index >= 15 is 0 Å². The van der Waals surface area contributed by atoms with Crippen molar-refractivity contribution in [2.75, 3.05) is 14.2 Å². The lowest BCUT2D eigenvalue weighted by Crippen LogP contribution is -2.13. The van der Waals surface area contributed by atoms with Crippen molar-refractivity contribution in [3.05, 3.63) is 57.6 Å². The molecule has 1 N–H and O–H groups in total. The van der Waals surface area contributed by atoms with E-state index in [0.29, 0.717) is 16.5 Å². The molecule has 0 saturated heterocycles. The standard InChI is InChI=1S/C19H22ClNO2/c1-22-18-10-14(9-17(20)19(18)23-2)12-21-11-13-6-7-15-4-3-5-16(15)8-13/h6-10,21H,3-5,11-12H2,1-2H3. The molecule has 0 atom stereocenters.